The van der Waals surface area contributed by atoms with Crippen LogP contribution in [0, 0.1) is 0 Å². The van der Waals surface area contributed by atoms with E-state index in [0.717, 1.165) is 12.0 Å². The fourth-order valence-corrected chi connectivity index (χ4v) is 7.32. The van der Waals surface area contributed by atoms with Gasteiger partial charge < -0.3 is 9.16 Å². The summed E-state index contributed by atoms with van der Waals surface area (Å²) < 4.78 is 12.8. The molecule has 1 aromatic carbocycles. The molecule has 0 aromatic heterocycles. The van der Waals surface area contributed by atoms with Crippen LogP contribution in [0.1, 0.15) is 52.5 Å². The molecule has 2 rings (SSSR count). The van der Waals surface area contributed by atoms with Crippen LogP contribution in [0.3, 0.4) is 0 Å². The number of allylic oxidation sites excluding steroid dienone is 1. The molecule has 0 aliphatic carbocycles. The normalized spacial score (nSPS) is 17.9. The molecule has 6 heteroatoms. The lowest BCUT2D eigenvalue weighted by atomic mass is 10.1. The third-order valence-electron chi connectivity index (χ3n) is 6.11. The predicted molar refractivity (Wildman–Crippen MR) is 139 cm³/mol. The summed E-state index contributed by atoms with van der Waals surface area (Å²) in [7, 11) is -1.92. The summed E-state index contributed by atoms with van der Waals surface area (Å²) in [6.45, 7) is 14.7. The van der Waals surface area contributed by atoms with Gasteiger partial charge in [-0.1, -0.05) is 57.2 Å². The molecule has 0 radical (unpaired) electrons. The average molecular weight is 481 g/mol. The van der Waals surface area contributed by atoms with Gasteiger partial charge in [-0.25, -0.2) is 0 Å². The van der Waals surface area contributed by atoms with Crippen LogP contribution in [0.4, 0.5) is 0 Å². The van der Waals surface area contributed by atoms with Gasteiger partial charge in [-0.15, -0.1) is 23.5 Å². The predicted octanol–water partition coefficient (Wildman–Crippen LogP) is 7.09. The molecule has 0 bridgehead atoms. The molecule has 0 N–H and O–H groups in total. The van der Waals surface area contributed by atoms with Crippen molar-refractivity contribution >= 4 is 37.6 Å². The van der Waals surface area contributed by atoms with Gasteiger partial charge in [0.2, 0.25) is 0 Å². The van der Waals surface area contributed by atoms with Crippen LogP contribution in [0.15, 0.2) is 42.5 Å². The largest absolute Gasteiger partial charge is 0.411 e. The van der Waals surface area contributed by atoms with E-state index in [1.807, 2.05) is 47.8 Å². The number of thioether (sulfide) groups is 2. The summed E-state index contributed by atoms with van der Waals surface area (Å²) in [5, 5.41) is 0.135. The lowest BCUT2D eigenvalue weighted by Gasteiger charge is -2.39. The molecule has 0 saturated carbocycles. The number of carbonyl (C=O) groups is 1. The van der Waals surface area contributed by atoms with Gasteiger partial charge in [0.25, 0.3) is 0 Å². The molecule has 1 aliphatic heterocycles. The molecular weight excluding hydrogens is 440 g/mol. The van der Waals surface area contributed by atoms with Crippen LogP contribution in [0.5, 0.6) is 0 Å². The highest BCUT2D eigenvalue weighted by Gasteiger charge is 2.39. The van der Waals surface area contributed by atoms with E-state index in [0.29, 0.717) is 26.1 Å². The van der Waals surface area contributed by atoms with Crippen molar-refractivity contribution in [2.75, 3.05) is 18.1 Å². The van der Waals surface area contributed by atoms with E-state index in [2.05, 4.69) is 52.9 Å². The Labute approximate surface area is 199 Å². The van der Waals surface area contributed by atoms with Crippen molar-refractivity contribution in [2.24, 2.45) is 0 Å². The molecule has 31 heavy (non-hydrogen) atoms. The third kappa shape index (κ3) is 9.46. The summed E-state index contributed by atoms with van der Waals surface area (Å²) in [6, 6.07) is 10.2. The summed E-state index contributed by atoms with van der Waals surface area (Å²) >= 11 is 3.97. The fraction of sp³-hybridized carbons (Fsp3) is 0.640. The molecule has 0 spiro atoms. The second-order valence-corrected chi connectivity index (χ2v) is 18.1. The highest BCUT2D eigenvalue weighted by molar-refractivity contribution is 8.21. The smallest absolute Gasteiger partial charge is 0.192 e. The Morgan fingerprint density at radius 3 is 2.45 bits per heavy atom. The van der Waals surface area contributed by atoms with Crippen molar-refractivity contribution in [3.8, 4) is 0 Å². The molecule has 1 heterocycles. The van der Waals surface area contributed by atoms with Crippen molar-refractivity contribution in [3.05, 3.63) is 48.0 Å². The molecule has 3 nitrogen and oxygen atoms in total. The number of hydrogen-bond acceptors (Lipinski definition) is 5. The first-order valence-electron chi connectivity index (χ1n) is 11.3. The molecule has 0 unspecified atom stereocenters. The summed E-state index contributed by atoms with van der Waals surface area (Å²) in [6.07, 6.45) is 5.97. The summed E-state index contributed by atoms with van der Waals surface area (Å²) in [4.78, 5) is 12.4. The van der Waals surface area contributed by atoms with Crippen molar-refractivity contribution in [1.82, 2.24) is 0 Å². The van der Waals surface area contributed by atoms with Crippen LogP contribution in [0.2, 0.25) is 18.1 Å². The third-order valence-corrected chi connectivity index (χ3v) is 14.1. The minimum atomic E-state index is -1.92. The Kier molecular flexibility index (Phi) is 10.4. The first-order chi connectivity index (χ1) is 14.5. The lowest BCUT2D eigenvalue weighted by Crippen LogP contribution is -2.45. The van der Waals surface area contributed by atoms with Gasteiger partial charge in [0.1, 0.15) is 0 Å². The molecule has 1 aromatic rings. The maximum atomic E-state index is 12.4. The molecule has 1 fully saturated rings. The number of benzene rings is 1. The van der Waals surface area contributed by atoms with E-state index in [-0.39, 0.29) is 21.0 Å². The summed E-state index contributed by atoms with van der Waals surface area (Å²) in [5.74, 6) is 2.60. The van der Waals surface area contributed by atoms with Gasteiger partial charge in [-0.05, 0) is 49.5 Å². The topological polar surface area (TPSA) is 35.5 Å². The lowest BCUT2D eigenvalue weighted by molar-refractivity contribution is -0.114. The van der Waals surface area contributed by atoms with E-state index in [4.69, 9.17) is 9.16 Å². The molecular formula is C25H40O3S2Si. The SMILES string of the molecule is CC1(CCC(=O)/C=C/C[C@@H](COCc2ccccc2)O[Si](C)(C)C(C)(C)C)SCCS1. The van der Waals surface area contributed by atoms with Crippen LogP contribution < -0.4 is 0 Å². The Balaban J connectivity index is 1.88. The van der Waals surface area contributed by atoms with Crippen LogP contribution >= 0.6 is 23.5 Å². The Bertz CT molecular complexity index is 707. The molecule has 0 amide bonds. The zero-order valence-corrected chi connectivity index (χ0v) is 22.7. The van der Waals surface area contributed by atoms with E-state index in [1.165, 1.54) is 11.5 Å². The first-order valence-corrected chi connectivity index (χ1v) is 16.2. The number of hydrogen-bond donors (Lipinski definition) is 0. The maximum Gasteiger partial charge on any atom is 0.192 e. The monoisotopic (exact) mass is 480 g/mol. The molecule has 1 saturated heterocycles. The second-order valence-electron chi connectivity index (χ2n) is 9.94. The van der Waals surface area contributed by atoms with Crippen molar-refractivity contribution < 1.29 is 14.0 Å². The van der Waals surface area contributed by atoms with Gasteiger partial charge in [0.15, 0.2) is 14.1 Å². The van der Waals surface area contributed by atoms with Crippen molar-refractivity contribution in [1.29, 1.82) is 0 Å². The van der Waals surface area contributed by atoms with E-state index < -0.39 is 8.32 Å². The second kappa shape index (κ2) is 12.1. The van der Waals surface area contributed by atoms with Crippen LogP contribution in [0.25, 0.3) is 0 Å². The number of ketones is 1. The number of carbonyl (C=O) groups excluding carboxylic acids is 1. The van der Waals surface area contributed by atoms with Gasteiger partial charge >= 0.3 is 0 Å². The Morgan fingerprint density at radius 1 is 1.19 bits per heavy atom. The quantitative estimate of drug-likeness (QED) is 0.236. The van der Waals surface area contributed by atoms with Crippen molar-refractivity contribution in [3.63, 3.8) is 0 Å². The zero-order chi connectivity index (χ0) is 23.0. The van der Waals surface area contributed by atoms with Gasteiger partial charge in [0.05, 0.1) is 23.4 Å². The Morgan fingerprint density at radius 2 is 1.84 bits per heavy atom. The highest BCUT2D eigenvalue weighted by atomic mass is 32.2. The van der Waals surface area contributed by atoms with Gasteiger partial charge in [0, 0.05) is 17.9 Å². The van der Waals surface area contributed by atoms with E-state index in [9.17, 15) is 4.79 Å². The highest BCUT2D eigenvalue weighted by Crippen LogP contribution is 2.46. The van der Waals surface area contributed by atoms with Crippen molar-refractivity contribution in [2.45, 2.75) is 81.9 Å². The van der Waals surface area contributed by atoms with Crippen LogP contribution in [-0.4, -0.2) is 42.4 Å². The molecule has 1 atom stereocenters. The minimum absolute atomic E-state index is 0.0351. The van der Waals surface area contributed by atoms with Gasteiger partial charge in [-0.3, -0.25) is 4.79 Å². The van der Waals surface area contributed by atoms with Gasteiger partial charge in [-0.2, -0.15) is 0 Å². The standard InChI is InChI=1S/C25H40O3S2Si/c1-24(2,3)31(5,6)28-23(20-27-19-21-11-8-7-9-12-21)14-10-13-22(26)15-16-25(4)29-17-18-30-25/h7-13,23H,14-20H2,1-6H3/b13-10+/t23-/m0/s1. The number of rotatable bonds is 12. The first kappa shape index (κ1) is 26.7. The summed E-state index contributed by atoms with van der Waals surface area (Å²) in [5.41, 5.74) is 1.16. The van der Waals surface area contributed by atoms with Crippen LogP contribution in [-0.2, 0) is 20.6 Å². The average Bonchev–Trinajstić information content (AvgIpc) is 3.13. The molecule has 174 valence electrons. The van der Waals surface area contributed by atoms with E-state index >= 15 is 0 Å². The molecule has 1 aliphatic rings. The zero-order valence-electron chi connectivity index (χ0n) is 20.1. The number of ether oxygens (including phenoxy) is 1. The maximum absolute atomic E-state index is 12.4. The fourth-order valence-electron chi connectivity index (χ4n) is 3.11. The van der Waals surface area contributed by atoms with E-state index in [1.54, 1.807) is 6.08 Å². The minimum Gasteiger partial charge on any atom is -0.411 e. The Hall–Kier alpha value is -0.533.